The fourth-order valence-electron chi connectivity index (χ4n) is 2.26. The third-order valence-corrected chi connectivity index (χ3v) is 3.78. The van der Waals surface area contributed by atoms with Crippen LogP contribution in [0.15, 0.2) is 42.7 Å². The second kappa shape index (κ2) is 6.65. The maximum Gasteiger partial charge on any atom is 0.289 e. The lowest BCUT2D eigenvalue weighted by Gasteiger charge is -2.09. The molecule has 0 radical (unpaired) electrons. The van der Waals surface area contributed by atoms with Crippen LogP contribution in [0.25, 0.3) is 5.69 Å². The van der Waals surface area contributed by atoms with Crippen molar-refractivity contribution in [1.29, 1.82) is 0 Å². The van der Waals surface area contributed by atoms with Gasteiger partial charge in [0.2, 0.25) is 0 Å². The van der Waals surface area contributed by atoms with E-state index in [9.17, 15) is 14.9 Å². The highest BCUT2D eigenvalue weighted by atomic mass is 35.5. The van der Waals surface area contributed by atoms with Gasteiger partial charge in [0, 0.05) is 17.3 Å². The number of nitrogens with one attached hydrogen (secondary N) is 1. The Bertz CT molecular complexity index is 958. The van der Waals surface area contributed by atoms with Crippen LogP contribution in [0.1, 0.15) is 15.9 Å². The number of nitro benzene ring substituents is 1. The summed E-state index contributed by atoms with van der Waals surface area (Å²) >= 11 is 5.76. The number of rotatable bonds is 4. The first kappa shape index (κ1) is 16.5. The Balaban J connectivity index is 1.83. The Morgan fingerprint density at radius 2 is 2.08 bits per heavy atom. The molecule has 10 heteroatoms. The molecule has 126 valence electrons. The van der Waals surface area contributed by atoms with Gasteiger partial charge >= 0.3 is 0 Å². The van der Waals surface area contributed by atoms with Gasteiger partial charge < -0.3 is 5.32 Å². The first-order chi connectivity index (χ1) is 12.0. The summed E-state index contributed by atoms with van der Waals surface area (Å²) in [5, 5.41) is 24.5. The van der Waals surface area contributed by atoms with Crippen LogP contribution in [0.2, 0.25) is 5.02 Å². The summed E-state index contributed by atoms with van der Waals surface area (Å²) in [5.41, 5.74) is 1.94. The van der Waals surface area contributed by atoms with Crippen molar-refractivity contribution in [3.05, 3.63) is 69.0 Å². The van der Waals surface area contributed by atoms with Crippen molar-refractivity contribution < 1.29 is 9.72 Å². The maximum atomic E-state index is 12.4. The average molecular weight is 359 g/mol. The van der Waals surface area contributed by atoms with Crippen molar-refractivity contribution in [2.24, 2.45) is 0 Å². The summed E-state index contributed by atoms with van der Waals surface area (Å²) in [6.07, 6.45) is 1.45. The van der Waals surface area contributed by atoms with Crippen LogP contribution >= 0.6 is 11.6 Å². The molecule has 0 bridgehead atoms. The third-order valence-electron chi connectivity index (χ3n) is 3.46. The highest BCUT2D eigenvalue weighted by Crippen LogP contribution is 2.27. The van der Waals surface area contributed by atoms with E-state index >= 15 is 0 Å². The molecule has 3 rings (SSSR count). The Morgan fingerprint density at radius 3 is 2.72 bits per heavy atom. The molecule has 0 unspecified atom stereocenters. The largest absolute Gasteiger partial charge is 0.322 e. The molecular formula is C15H11ClN6O3. The number of aryl methyl sites for hydroxylation is 1. The Kier molecular flexibility index (Phi) is 4.40. The zero-order chi connectivity index (χ0) is 18.0. The van der Waals surface area contributed by atoms with Crippen LogP contribution in [0, 0.1) is 17.0 Å². The molecule has 3 aromatic rings. The zero-order valence-corrected chi connectivity index (χ0v) is 13.6. The van der Waals surface area contributed by atoms with Crippen molar-refractivity contribution in [3.8, 4) is 5.69 Å². The van der Waals surface area contributed by atoms with Crippen molar-refractivity contribution in [1.82, 2.24) is 20.2 Å². The summed E-state index contributed by atoms with van der Waals surface area (Å²) in [4.78, 5) is 22.7. The molecule has 25 heavy (non-hydrogen) atoms. The molecule has 0 spiro atoms. The van der Waals surface area contributed by atoms with Crippen LogP contribution in [0.4, 0.5) is 11.4 Å². The highest BCUT2D eigenvalue weighted by Gasteiger charge is 2.15. The van der Waals surface area contributed by atoms with Crippen molar-refractivity contribution >= 4 is 28.9 Å². The average Bonchev–Trinajstić information content (AvgIpc) is 3.10. The number of benzene rings is 2. The normalized spacial score (nSPS) is 10.5. The Labute approximate surface area is 146 Å². The second-order valence-electron chi connectivity index (χ2n) is 5.13. The number of aromatic nitrogens is 4. The van der Waals surface area contributed by atoms with Gasteiger partial charge in [-0.15, -0.1) is 5.10 Å². The van der Waals surface area contributed by atoms with Gasteiger partial charge in [-0.2, -0.15) is 0 Å². The topological polar surface area (TPSA) is 116 Å². The van der Waals surface area contributed by atoms with Crippen LogP contribution in [-0.4, -0.2) is 31.0 Å². The van der Waals surface area contributed by atoms with E-state index in [4.69, 9.17) is 11.6 Å². The minimum Gasteiger partial charge on any atom is -0.322 e. The van der Waals surface area contributed by atoms with E-state index in [-0.39, 0.29) is 16.4 Å². The van der Waals surface area contributed by atoms with E-state index in [0.717, 1.165) is 11.3 Å². The highest BCUT2D eigenvalue weighted by molar-refractivity contribution is 6.32. The van der Waals surface area contributed by atoms with E-state index in [0.29, 0.717) is 5.56 Å². The molecule has 2 aromatic carbocycles. The van der Waals surface area contributed by atoms with Gasteiger partial charge in [0.1, 0.15) is 11.3 Å². The van der Waals surface area contributed by atoms with E-state index in [1.54, 1.807) is 18.2 Å². The van der Waals surface area contributed by atoms with Gasteiger partial charge in [-0.05, 0) is 53.2 Å². The van der Waals surface area contributed by atoms with E-state index in [1.807, 2.05) is 6.92 Å². The molecule has 1 aromatic heterocycles. The smallest absolute Gasteiger partial charge is 0.289 e. The van der Waals surface area contributed by atoms with Gasteiger partial charge in [-0.25, -0.2) is 4.68 Å². The summed E-state index contributed by atoms with van der Waals surface area (Å²) in [6.45, 7) is 1.82. The molecular weight excluding hydrogens is 348 g/mol. The number of halogens is 1. The van der Waals surface area contributed by atoms with E-state index in [2.05, 4.69) is 20.8 Å². The number of nitro groups is 1. The number of tetrazole rings is 1. The van der Waals surface area contributed by atoms with Gasteiger partial charge in [-0.3, -0.25) is 14.9 Å². The number of amides is 1. The fraction of sp³-hybridized carbons (Fsp3) is 0.0667. The third kappa shape index (κ3) is 3.45. The molecule has 0 saturated carbocycles. The van der Waals surface area contributed by atoms with Crippen molar-refractivity contribution in [3.63, 3.8) is 0 Å². The number of anilines is 1. The van der Waals surface area contributed by atoms with Gasteiger partial charge in [-0.1, -0.05) is 11.6 Å². The summed E-state index contributed by atoms with van der Waals surface area (Å²) < 4.78 is 1.49. The quantitative estimate of drug-likeness (QED) is 0.566. The lowest BCUT2D eigenvalue weighted by Crippen LogP contribution is -2.13. The lowest BCUT2D eigenvalue weighted by atomic mass is 10.1. The molecule has 9 nitrogen and oxygen atoms in total. The van der Waals surface area contributed by atoms with Crippen LogP contribution in [0.3, 0.4) is 0 Å². The number of nitrogens with zero attached hydrogens (tertiary/aromatic N) is 5. The second-order valence-corrected chi connectivity index (χ2v) is 5.54. The van der Waals surface area contributed by atoms with E-state index < -0.39 is 10.8 Å². The fourth-order valence-corrected chi connectivity index (χ4v) is 2.45. The summed E-state index contributed by atoms with van der Waals surface area (Å²) in [7, 11) is 0. The Morgan fingerprint density at radius 1 is 1.28 bits per heavy atom. The molecule has 0 saturated heterocycles. The molecule has 0 fully saturated rings. The number of carbonyl (C=O) groups is 1. The lowest BCUT2D eigenvalue weighted by molar-refractivity contribution is -0.384. The monoisotopic (exact) mass is 358 g/mol. The number of hydrogen-bond acceptors (Lipinski definition) is 6. The van der Waals surface area contributed by atoms with Crippen molar-refractivity contribution in [2.45, 2.75) is 6.92 Å². The van der Waals surface area contributed by atoms with Gasteiger partial charge in [0.15, 0.2) is 0 Å². The SMILES string of the molecule is Cc1cc(C(=O)Nc2ccc(Cl)c([N+](=O)[O-])c2)ccc1-n1cnnn1. The van der Waals surface area contributed by atoms with Gasteiger partial charge in [0.25, 0.3) is 11.6 Å². The predicted octanol–water partition coefficient (Wildman–Crippen LogP) is 2.78. The maximum absolute atomic E-state index is 12.4. The molecule has 1 heterocycles. The zero-order valence-electron chi connectivity index (χ0n) is 12.9. The molecule has 0 aliphatic carbocycles. The molecule has 0 atom stereocenters. The first-order valence-electron chi connectivity index (χ1n) is 7.05. The summed E-state index contributed by atoms with van der Waals surface area (Å²) in [5.74, 6) is -0.400. The van der Waals surface area contributed by atoms with E-state index in [1.165, 1.54) is 29.2 Å². The Hall–Kier alpha value is -3.33. The summed E-state index contributed by atoms with van der Waals surface area (Å²) in [6, 6.07) is 9.07. The molecule has 1 amide bonds. The molecule has 0 aliphatic rings. The number of carbonyl (C=O) groups excluding carboxylic acids is 1. The van der Waals surface area contributed by atoms with Crippen LogP contribution in [0.5, 0.6) is 0 Å². The molecule has 1 N–H and O–H groups in total. The minimum absolute atomic E-state index is 0.00429. The number of hydrogen-bond donors (Lipinski definition) is 1. The van der Waals surface area contributed by atoms with Crippen LogP contribution in [-0.2, 0) is 0 Å². The molecule has 0 aliphatic heterocycles. The van der Waals surface area contributed by atoms with Crippen molar-refractivity contribution in [2.75, 3.05) is 5.32 Å². The first-order valence-corrected chi connectivity index (χ1v) is 7.43. The standard InChI is InChI=1S/C15H11ClN6O3/c1-9-6-10(2-5-13(9)21-8-17-19-20-21)15(23)18-11-3-4-12(16)14(7-11)22(24)25/h2-8H,1H3,(H,18,23). The van der Waals surface area contributed by atoms with Gasteiger partial charge in [0.05, 0.1) is 10.6 Å². The van der Waals surface area contributed by atoms with Crippen LogP contribution < -0.4 is 5.32 Å². The predicted molar refractivity (Wildman–Crippen MR) is 90.0 cm³/mol. The minimum atomic E-state index is -0.608.